The molecule has 0 aliphatic heterocycles. The summed E-state index contributed by atoms with van der Waals surface area (Å²) in [4.78, 5) is 16.8. The largest absolute Gasteiger partial charge is 0.398 e. The number of nitrogen functional groups attached to an aromatic ring is 1. The summed E-state index contributed by atoms with van der Waals surface area (Å²) in [5.41, 5.74) is 8.26. The van der Waals surface area contributed by atoms with E-state index in [1.165, 1.54) is 12.1 Å². The summed E-state index contributed by atoms with van der Waals surface area (Å²) in [5, 5.41) is 13.8. The maximum absolute atomic E-state index is 10.8. The molecule has 20 heavy (non-hydrogen) atoms. The van der Waals surface area contributed by atoms with E-state index in [9.17, 15) is 10.1 Å². The molecule has 1 aromatic heterocycles. The summed E-state index contributed by atoms with van der Waals surface area (Å²) in [6.07, 6.45) is 0. The van der Waals surface area contributed by atoms with Gasteiger partial charge in [0, 0.05) is 36.3 Å². The number of nitrogens with two attached hydrogens (primary N) is 1. The van der Waals surface area contributed by atoms with Crippen LogP contribution >= 0.6 is 11.3 Å². The maximum Gasteiger partial charge on any atom is 0.269 e. The number of rotatable bonds is 5. The van der Waals surface area contributed by atoms with Crippen molar-refractivity contribution in [3.05, 3.63) is 50.0 Å². The predicted molar refractivity (Wildman–Crippen MR) is 79.5 cm³/mol. The van der Waals surface area contributed by atoms with Crippen LogP contribution in [0.5, 0.6) is 0 Å². The lowest BCUT2D eigenvalue weighted by molar-refractivity contribution is -0.384. The fourth-order valence-electron chi connectivity index (χ4n) is 1.95. The third-order valence-electron chi connectivity index (χ3n) is 2.88. The van der Waals surface area contributed by atoms with Gasteiger partial charge in [0.25, 0.3) is 5.69 Å². The number of aromatic nitrogens is 1. The van der Waals surface area contributed by atoms with Crippen LogP contribution < -0.4 is 5.73 Å². The number of aryl methyl sites for hydroxylation is 1. The van der Waals surface area contributed by atoms with E-state index in [1.54, 1.807) is 17.4 Å². The molecule has 2 N–H and O–H groups in total. The van der Waals surface area contributed by atoms with Crippen molar-refractivity contribution in [3.8, 4) is 0 Å². The van der Waals surface area contributed by atoms with Gasteiger partial charge in [-0.15, -0.1) is 11.3 Å². The van der Waals surface area contributed by atoms with E-state index in [1.807, 2.05) is 24.3 Å². The molecule has 0 saturated heterocycles. The Balaban J connectivity index is 2.08. The van der Waals surface area contributed by atoms with Gasteiger partial charge in [0.2, 0.25) is 0 Å². The standard InChI is InChI=1S/C13H16N4O2S/c1-9-15-11(8-20-9)7-16(2)6-10-5-12(17(18)19)3-4-13(10)14/h3-5,8H,6-7,14H2,1-2H3. The molecule has 6 nitrogen and oxygen atoms in total. The monoisotopic (exact) mass is 292 g/mol. The van der Waals surface area contributed by atoms with Crippen molar-refractivity contribution >= 4 is 22.7 Å². The van der Waals surface area contributed by atoms with Crippen LogP contribution in [0.15, 0.2) is 23.6 Å². The predicted octanol–water partition coefficient (Wildman–Crippen LogP) is 2.57. The minimum Gasteiger partial charge on any atom is -0.398 e. The number of anilines is 1. The molecule has 0 bridgehead atoms. The summed E-state index contributed by atoms with van der Waals surface area (Å²) in [5.74, 6) is 0. The first kappa shape index (κ1) is 14.4. The zero-order valence-corrected chi connectivity index (χ0v) is 12.2. The third kappa shape index (κ3) is 3.52. The van der Waals surface area contributed by atoms with Gasteiger partial charge in [0.1, 0.15) is 0 Å². The molecule has 2 rings (SSSR count). The topological polar surface area (TPSA) is 85.3 Å². The lowest BCUT2D eigenvalue weighted by atomic mass is 10.1. The van der Waals surface area contributed by atoms with Gasteiger partial charge in [-0.1, -0.05) is 0 Å². The van der Waals surface area contributed by atoms with Crippen LogP contribution in [0.25, 0.3) is 0 Å². The van der Waals surface area contributed by atoms with E-state index >= 15 is 0 Å². The molecule has 0 saturated carbocycles. The minimum atomic E-state index is -0.410. The Labute approximate surface area is 121 Å². The number of non-ortho nitro benzene ring substituents is 1. The fraction of sp³-hybridized carbons (Fsp3) is 0.308. The molecule has 0 spiro atoms. The highest BCUT2D eigenvalue weighted by atomic mass is 32.1. The summed E-state index contributed by atoms with van der Waals surface area (Å²) < 4.78 is 0. The molecule has 0 aliphatic rings. The average Bonchev–Trinajstić information content (AvgIpc) is 2.77. The van der Waals surface area contributed by atoms with Crippen molar-refractivity contribution in [2.45, 2.75) is 20.0 Å². The molecule has 1 heterocycles. The van der Waals surface area contributed by atoms with Gasteiger partial charge in [0.05, 0.1) is 15.6 Å². The highest BCUT2D eigenvalue weighted by molar-refractivity contribution is 7.09. The van der Waals surface area contributed by atoms with Gasteiger partial charge < -0.3 is 5.73 Å². The summed E-state index contributed by atoms with van der Waals surface area (Å²) in [6.45, 7) is 3.20. The quantitative estimate of drug-likeness (QED) is 0.520. The Morgan fingerprint density at radius 1 is 1.45 bits per heavy atom. The molecule has 7 heteroatoms. The lowest BCUT2D eigenvalue weighted by Crippen LogP contribution is -2.18. The SMILES string of the molecule is Cc1nc(CN(C)Cc2cc([N+](=O)[O-])ccc2N)cs1. The molecule has 0 unspecified atom stereocenters. The van der Waals surface area contributed by atoms with Crippen LogP contribution in [-0.2, 0) is 13.1 Å². The third-order valence-corrected chi connectivity index (χ3v) is 3.70. The van der Waals surface area contributed by atoms with Crippen LogP contribution in [0, 0.1) is 17.0 Å². The Bertz CT molecular complexity index is 627. The second-order valence-corrected chi connectivity index (χ2v) is 5.73. The molecule has 2 aromatic rings. The van der Waals surface area contributed by atoms with Gasteiger partial charge in [-0.3, -0.25) is 15.0 Å². The molecular formula is C13H16N4O2S. The van der Waals surface area contributed by atoms with Gasteiger partial charge in [0.15, 0.2) is 0 Å². The van der Waals surface area contributed by atoms with Gasteiger partial charge in [-0.2, -0.15) is 0 Å². The number of benzene rings is 1. The fourth-order valence-corrected chi connectivity index (χ4v) is 2.55. The van der Waals surface area contributed by atoms with Crippen molar-refractivity contribution in [1.82, 2.24) is 9.88 Å². The number of nitro benzene ring substituents is 1. The van der Waals surface area contributed by atoms with E-state index in [0.717, 1.165) is 16.3 Å². The molecule has 0 amide bonds. The average molecular weight is 292 g/mol. The molecule has 0 atom stereocenters. The molecule has 0 fully saturated rings. The lowest BCUT2D eigenvalue weighted by Gasteiger charge is -2.16. The molecule has 1 aromatic carbocycles. The molecule has 0 radical (unpaired) electrons. The van der Waals surface area contributed by atoms with Crippen LogP contribution in [0.4, 0.5) is 11.4 Å². The first-order valence-electron chi connectivity index (χ1n) is 6.08. The zero-order valence-electron chi connectivity index (χ0n) is 11.4. The number of nitro groups is 1. The van der Waals surface area contributed by atoms with Crippen molar-refractivity contribution in [2.75, 3.05) is 12.8 Å². The smallest absolute Gasteiger partial charge is 0.269 e. The van der Waals surface area contributed by atoms with Gasteiger partial charge in [-0.05, 0) is 25.6 Å². The zero-order chi connectivity index (χ0) is 14.7. The second kappa shape index (κ2) is 5.98. The normalized spacial score (nSPS) is 10.9. The van der Waals surface area contributed by atoms with Crippen molar-refractivity contribution in [2.24, 2.45) is 0 Å². The highest BCUT2D eigenvalue weighted by Crippen LogP contribution is 2.21. The van der Waals surface area contributed by atoms with Crippen molar-refractivity contribution in [3.63, 3.8) is 0 Å². The van der Waals surface area contributed by atoms with Gasteiger partial charge in [-0.25, -0.2) is 4.98 Å². The maximum atomic E-state index is 10.8. The van der Waals surface area contributed by atoms with Crippen LogP contribution in [0.3, 0.4) is 0 Å². The number of hydrogen-bond acceptors (Lipinski definition) is 6. The first-order chi connectivity index (χ1) is 9.45. The van der Waals surface area contributed by atoms with E-state index in [2.05, 4.69) is 4.98 Å². The van der Waals surface area contributed by atoms with Crippen LogP contribution in [0.2, 0.25) is 0 Å². The number of nitrogens with zero attached hydrogens (tertiary/aromatic N) is 3. The van der Waals surface area contributed by atoms with Crippen LogP contribution in [0.1, 0.15) is 16.3 Å². The Morgan fingerprint density at radius 3 is 2.80 bits per heavy atom. The van der Waals surface area contributed by atoms with E-state index in [4.69, 9.17) is 5.73 Å². The van der Waals surface area contributed by atoms with E-state index in [0.29, 0.717) is 18.8 Å². The molecule has 0 aliphatic carbocycles. The summed E-state index contributed by atoms with van der Waals surface area (Å²) in [6, 6.07) is 4.52. The summed E-state index contributed by atoms with van der Waals surface area (Å²) in [7, 11) is 1.94. The Hall–Kier alpha value is -1.99. The second-order valence-electron chi connectivity index (χ2n) is 4.67. The first-order valence-corrected chi connectivity index (χ1v) is 6.96. The summed E-state index contributed by atoms with van der Waals surface area (Å²) >= 11 is 1.61. The minimum absolute atomic E-state index is 0.0621. The van der Waals surface area contributed by atoms with E-state index in [-0.39, 0.29) is 5.69 Å². The number of thiazole rings is 1. The molecule has 106 valence electrons. The van der Waals surface area contributed by atoms with Crippen molar-refractivity contribution < 1.29 is 4.92 Å². The van der Waals surface area contributed by atoms with Crippen molar-refractivity contribution in [1.29, 1.82) is 0 Å². The molecular weight excluding hydrogens is 276 g/mol. The highest BCUT2D eigenvalue weighted by Gasteiger charge is 2.11. The van der Waals surface area contributed by atoms with E-state index < -0.39 is 4.92 Å². The number of hydrogen-bond donors (Lipinski definition) is 1. The van der Waals surface area contributed by atoms with Gasteiger partial charge >= 0.3 is 0 Å². The Kier molecular flexibility index (Phi) is 4.31. The Morgan fingerprint density at radius 2 is 2.20 bits per heavy atom. The van der Waals surface area contributed by atoms with Crippen LogP contribution in [-0.4, -0.2) is 21.9 Å².